The van der Waals surface area contributed by atoms with Crippen molar-refractivity contribution in [1.29, 1.82) is 0 Å². The molecule has 1 aliphatic heterocycles. The maximum absolute atomic E-state index is 9.33. The van der Waals surface area contributed by atoms with E-state index >= 15 is 0 Å². The minimum atomic E-state index is -0.161. The van der Waals surface area contributed by atoms with Crippen LogP contribution in [0.2, 0.25) is 0 Å². The van der Waals surface area contributed by atoms with Gasteiger partial charge in [0, 0.05) is 5.41 Å². The quantitative estimate of drug-likeness (QED) is 0.529. The molecule has 3 heteroatoms. The highest BCUT2D eigenvalue weighted by molar-refractivity contribution is 5.01. The van der Waals surface area contributed by atoms with Crippen LogP contribution < -0.4 is 5.32 Å². The fourth-order valence-corrected chi connectivity index (χ4v) is 2.92. The van der Waals surface area contributed by atoms with Crippen LogP contribution in [-0.2, 0) is 0 Å². The van der Waals surface area contributed by atoms with E-state index in [4.69, 9.17) is 0 Å². The standard InChI is InChI=1S/C9H17NO2/c11-5-9(6-12)7-1-2-8(9)4-10-3-7/h7-8,10-12H,1-6H2. The Kier molecular flexibility index (Phi) is 2.10. The normalized spacial score (nSPS) is 38.5. The van der Waals surface area contributed by atoms with E-state index in [2.05, 4.69) is 5.32 Å². The second-order valence-corrected chi connectivity index (χ2v) is 4.18. The highest BCUT2D eigenvalue weighted by Gasteiger charge is 2.51. The van der Waals surface area contributed by atoms with Crippen molar-refractivity contribution in [3.05, 3.63) is 0 Å². The number of rotatable bonds is 2. The maximum Gasteiger partial charge on any atom is 0.0515 e. The van der Waals surface area contributed by atoms with Crippen LogP contribution in [0.3, 0.4) is 0 Å². The maximum atomic E-state index is 9.33. The molecule has 0 aromatic rings. The highest BCUT2D eigenvalue weighted by Crippen LogP contribution is 2.48. The van der Waals surface area contributed by atoms with Gasteiger partial charge in [-0.3, -0.25) is 0 Å². The first-order chi connectivity index (χ1) is 5.83. The topological polar surface area (TPSA) is 52.5 Å². The molecule has 1 saturated heterocycles. The number of nitrogens with one attached hydrogen (secondary N) is 1. The Morgan fingerprint density at radius 1 is 1.08 bits per heavy atom. The molecule has 0 aromatic carbocycles. The van der Waals surface area contributed by atoms with E-state index < -0.39 is 0 Å². The number of fused-ring (bicyclic) bond motifs is 2. The summed E-state index contributed by atoms with van der Waals surface area (Å²) in [5.74, 6) is 0.984. The molecule has 70 valence electrons. The van der Waals surface area contributed by atoms with Crippen LogP contribution >= 0.6 is 0 Å². The first-order valence-corrected chi connectivity index (χ1v) is 4.76. The lowest BCUT2D eigenvalue weighted by Crippen LogP contribution is -2.51. The summed E-state index contributed by atoms with van der Waals surface area (Å²) in [6.07, 6.45) is 2.33. The first-order valence-electron chi connectivity index (χ1n) is 4.76. The molecule has 0 amide bonds. The van der Waals surface area contributed by atoms with Crippen LogP contribution in [-0.4, -0.2) is 36.5 Å². The Hall–Kier alpha value is -0.120. The Morgan fingerprint density at radius 3 is 1.92 bits per heavy atom. The molecule has 0 spiro atoms. The van der Waals surface area contributed by atoms with Gasteiger partial charge in [-0.25, -0.2) is 0 Å². The van der Waals surface area contributed by atoms with Crippen LogP contribution in [0.5, 0.6) is 0 Å². The SMILES string of the molecule is OCC1(CO)C2CCC1CNC2. The summed E-state index contributed by atoms with van der Waals surface area (Å²) >= 11 is 0. The van der Waals surface area contributed by atoms with Gasteiger partial charge in [-0.1, -0.05) is 0 Å². The summed E-state index contributed by atoms with van der Waals surface area (Å²) < 4.78 is 0. The van der Waals surface area contributed by atoms with Gasteiger partial charge in [0.15, 0.2) is 0 Å². The molecule has 0 aromatic heterocycles. The van der Waals surface area contributed by atoms with Crippen LogP contribution in [0.4, 0.5) is 0 Å². The van der Waals surface area contributed by atoms with Crippen molar-refractivity contribution < 1.29 is 10.2 Å². The lowest BCUT2D eigenvalue weighted by Gasteiger charge is -2.41. The third-order valence-corrected chi connectivity index (χ3v) is 3.86. The van der Waals surface area contributed by atoms with E-state index in [1.165, 1.54) is 12.8 Å². The molecule has 3 nitrogen and oxygen atoms in total. The number of piperidine rings is 1. The Morgan fingerprint density at radius 2 is 1.58 bits per heavy atom. The molecule has 2 rings (SSSR count). The molecule has 2 fully saturated rings. The molecule has 2 bridgehead atoms. The number of aliphatic hydroxyl groups is 2. The van der Waals surface area contributed by atoms with Gasteiger partial charge in [0.25, 0.3) is 0 Å². The summed E-state index contributed by atoms with van der Waals surface area (Å²) in [4.78, 5) is 0. The van der Waals surface area contributed by atoms with Crippen molar-refractivity contribution >= 4 is 0 Å². The Balaban J connectivity index is 2.22. The van der Waals surface area contributed by atoms with Crippen molar-refractivity contribution in [2.45, 2.75) is 12.8 Å². The van der Waals surface area contributed by atoms with E-state index in [0.717, 1.165) is 13.1 Å². The molecule has 1 aliphatic carbocycles. The fourth-order valence-electron chi connectivity index (χ4n) is 2.92. The monoisotopic (exact) mass is 171 g/mol. The first kappa shape index (κ1) is 8.48. The number of aliphatic hydroxyl groups excluding tert-OH is 2. The molecule has 3 N–H and O–H groups in total. The molecule has 2 atom stereocenters. The second kappa shape index (κ2) is 2.98. The Labute approximate surface area is 72.8 Å². The van der Waals surface area contributed by atoms with Gasteiger partial charge in [0.2, 0.25) is 0 Å². The van der Waals surface area contributed by atoms with E-state index in [1.807, 2.05) is 0 Å². The largest absolute Gasteiger partial charge is 0.396 e. The van der Waals surface area contributed by atoms with Gasteiger partial charge in [0.1, 0.15) is 0 Å². The van der Waals surface area contributed by atoms with E-state index in [0.29, 0.717) is 11.8 Å². The number of hydrogen-bond donors (Lipinski definition) is 3. The van der Waals surface area contributed by atoms with Crippen molar-refractivity contribution in [3.63, 3.8) is 0 Å². The Bertz CT molecular complexity index is 150. The summed E-state index contributed by atoms with van der Waals surface area (Å²) in [5, 5.41) is 22.0. The number of hydrogen-bond acceptors (Lipinski definition) is 3. The van der Waals surface area contributed by atoms with Crippen LogP contribution in [0, 0.1) is 17.3 Å². The fraction of sp³-hybridized carbons (Fsp3) is 1.00. The van der Waals surface area contributed by atoms with E-state index in [1.54, 1.807) is 0 Å². The van der Waals surface area contributed by atoms with Gasteiger partial charge in [-0.05, 0) is 37.8 Å². The van der Waals surface area contributed by atoms with Crippen molar-refractivity contribution in [3.8, 4) is 0 Å². The predicted octanol–water partition coefficient (Wildman–Crippen LogP) is -0.413. The van der Waals surface area contributed by atoms with Crippen molar-refractivity contribution in [2.24, 2.45) is 17.3 Å². The van der Waals surface area contributed by atoms with Gasteiger partial charge in [-0.15, -0.1) is 0 Å². The van der Waals surface area contributed by atoms with Crippen LogP contribution in [0.25, 0.3) is 0 Å². The summed E-state index contributed by atoms with van der Waals surface area (Å²) in [6, 6.07) is 0. The third-order valence-electron chi connectivity index (χ3n) is 3.86. The van der Waals surface area contributed by atoms with Gasteiger partial charge in [0.05, 0.1) is 13.2 Å². The third kappa shape index (κ3) is 0.934. The van der Waals surface area contributed by atoms with Crippen molar-refractivity contribution in [2.75, 3.05) is 26.3 Å². The highest BCUT2D eigenvalue weighted by atomic mass is 16.3. The van der Waals surface area contributed by atoms with Crippen LogP contribution in [0.1, 0.15) is 12.8 Å². The molecular formula is C9H17NO2. The predicted molar refractivity (Wildman–Crippen MR) is 45.7 cm³/mol. The van der Waals surface area contributed by atoms with Gasteiger partial charge < -0.3 is 15.5 Å². The zero-order chi connectivity index (χ0) is 8.60. The molecule has 12 heavy (non-hydrogen) atoms. The smallest absolute Gasteiger partial charge is 0.0515 e. The minimum absolute atomic E-state index is 0.153. The molecule has 0 radical (unpaired) electrons. The summed E-state index contributed by atoms with van der Waals surface area (Å²) in [6.45, 7) is 2.25. The molecule has 2 aliphatic rings. The van der Waals surface area contributed by atoms with Crippen LogP contribution in [0.15, 0.2) is 0 Å². The average Bonchev–Trinajstić information content (AvgIpc) is 2.33. The second-order valence-electron chi connectivity index (χ2n) is 4.18. The van der Waals surface area contributed by atoms with Crippen molar-refractivity contribution in [1.82, 2.24) is 5.32 Å². The average molecular weight is 171 g/mol. The lowest BCUT2D eigenvalue weighted by atomic mass is 9.71. The van der Waals surface area contributed by atoms with Gasteiger partial charge >= 0.3 is 0 Å². The zero-order valence-corrected chi connectivity index (χ0v) is 7.29. The van der Waals surface area contributed by atoms with E-state index in [-0.39, 0.29) is 18.6 Å². The van der Waals surface area contributed by atoms with E-state index in [9.17, 15) is 10.2 Å². The van der Waals surface area contributed by atoms with Gasteiger partial charge in [-0.2, -0.15) is 0 Å². The molecule has 1 heterocycles. The lowest BCUT2D eigenvalue weighted by molar-refractivity contribution is -0.0269. The molecule has 2 unspecified atom stereocenters. The minimum Gasteiger partial charge on any atom is -0.396 e. The zero-order valence-electron chi connectivity index (χ0n) is 7.29. The molecule has 1 saturated carbocycles. The summed E-state index contributed by atoms with van der Waals surface area (Å²) in [5.41, 5.74) is -0.161. The molecular weight excluding hydrogens is 154 g/mol. The summed E-state index contributed by atoms with van der Waals surface area (Å²) in [7, 11) is 0.